The van der Waals surface area contributed by atoms with Crippen LogP contribution >= 0.6 is 0 Å². The first kappa shape index (κ1) is 16.4. The average molecular weight is 282 g/mol. The summed E-state index contributed by atoms with van der Waals surface area (Å²) in [5.41, 5.74) is 6.03. The molecule has 0 aromatic heterocycles. The zero-order valence-corrected chi connectivity index (χ0v) is 12.3. The van der Waals surface area contributed by atoms with E-state index in [1.807, 2.05) is 0 Å². The number of hydrogen-bond donors (Lipinski definition) is 2. The van der Waals surface area contributed by atoms with Crippen molar-refractivity contribution in [1.29, 1.82) is 0 Å². The van der Waals surface area contributed by atoms with Gasteiger partial charge in [-0.2, -0.15) is 0 Å². The first-order valence-electron chi connectivity index (χ1n) is 6.91. The molecule has 20 heavy (non-hydrogen) atoms. The van der Waals surface area contributed by atoms with Crippen LogP contribution in [0.15, 0.2) is 18.2 Å². The monoisotopic (exact) mass is 282 g/mol. The Hall–Kier alpha value is -1.62. The van der Waals surface area contributed by atoms with Crippen molar-refractivity contribution < 1.29 is 13.9 Å². The predicted octanol–water partition coefficient (Wildman–Crippen LogP) is 3.19. The number of carbonyl (C=O) groups is 1. The second kappa shape index (κ2) is 7.85. The maximum Gasteiger partial charge on any atom is 0.253 e. The smallest absolute Gasteiger partial charge is 0.253 e. The molecule has 0 spiro atoms. The van der Waals surface area contributed by atoms with Gasteiger partial charge in [0.25, 0.3) is 5.91 Å². The van der Waals surface area contributed by atoms with Gasteiger partial charge in [-0.1, -0.05) is 20.3 Å². The second-order valence-electron chi connectivity index (χ2n) is 5.10. The zero-order valence-electron chi connectivity index (χ0n) is 12.3. The van der Waals surface area contributed by atoms with E-state index in [4.69, 9.17) is 10.5 Å². The summed E-state index contributed by atoms with van der Waals surface area (Å²) in [6, 6.07) is 4.05. The number of carbonyl (C=O) groups excluding carboxylic acids is 1. The highest BCUT2D eigenvalue weighted by Crippen LogP contribution is 2.18. The lowest BCUT2D eigenvalue weighted by Crippen LogP contribution is -2.29. The number of anilines is 2. The third kappa shape index (κ3) is 5.17. The van der Waals surface area contributed by atoms with Gasteiger partial charge in [0.15, 0.2) is 0 Å². The van der Waals surface area contributed by atoms with E-state index in [1.165, 1.54) is 18.2 Å². The fourth-order valence-electron chi connectivity index (χ4n) is 1.83. The van der Waals surface area contributed by atoms with E-state index in [1.54, 1.807) is 6.92 Å². The van der Waals surface area contributed by atoms with Gasteiger partial charge in [-0.15, -0.1) is 0 Å². The van der Waals surface area contributed by atoms with Crippen molar-refractivity contribution in [2.24, 2.45) is 5.92 Å². The lowest BCUT2D eigenvalue weighted by Gasteiger charge is -2.17. The molecule has 0 saturated carbocycles. The SMILES string of the molecule is CCCC(C)COC(C)C(=O)Nc1cc(N)ccc1F. The summed E-state index contributed by atoms with van der Waals surface area (Å²) in [7, 11) is 0. The Kier molecular flexibility index (Phi) is 6.45. The molecule has 2 atom stereocenters. The maximum absolute atomic E-state index is 13.5. The number of amides is 1. The molecule has 2 unspecified atom stereocenters. The molecule has 0 aliphatic rings. The fourth-order valence-corrected chi connectivity index (χ4v) is 1.83. The van der Waals surface area contributed by atoms with Crippen molar-refractivity contribution in [3.63, 3.8) is 0 Å². The minimum absolute atomic E-state index is 0.0760. The summed E-state index contributed by atoms with van der Waals surface area (Å²) in [5.74, 6) is -0.489. The first-order chi connectivity index (χ1) is 9.43. The van der Waals surface area contributed by atoms with Crippen molar-refractivity contribution in [3.8, 4) is 0 Å². The fraction of sp³-hybridized carbons (Fsp3) is 0.533. The van der Waals surface area contributed by atoms with E-state index in [2.05, 4.69) is 19.2 Å². The van der Waals surface area contributed by atoms with Crippen LogP contribution in [-0.4, -0.2) is 18.6 Å². The van der Waals surface area contributed by atoms with E-state index >= 15 is 0 Å². The molecular formula is C15H23FN2O2. The van der Waals surface area contributed by atoms with Crippen molar-refractivity contribution in [1.82, 2.24) is 0 Å². The van der Waals surface area contributed by atoms with E-state index < -0.39 is 11.9 Å². The van der Waals surface area contributed by atoms with E-state index in [-0.39, 0.29) is 11.6 Å². The van der Waals surface area contributed by atoms with Crippen LogP contribution in [-0.2, 0) is 9.53 Å². The van der Waals surface area contributed by atoms with Crippen LogP contribution in [0.3, 0.4) is 0 Å². The van der Waals surface area contributed by atoms with Crippen molar-refractivity contribution in [2.75, 3.05) is 17.7 Å². The van der Waals surface area contributed by atoms with E-state index in [0.717, 1.165) is 12.8 Å². The lowest BCUT2D eigenvalue weighted by atomic mass is 10.1. The third-order valence-electron chi connectivity index (χ3n) is 3.03. The molecule has 4 nitrogen and oxygen atoms in total. The van der Waals surface area contributed by atoms with Crippen molar-refractivity contribution >= 4 is 17.3 Å². The molecule has 0 radical (unpaired) electrons. The van der Waals surface area contributed by atoms with Gasteiger partial charge < -0.3 is 15.8 Å². The molecule has 1 amide bonds. The van der Waals surface area contributed by atoms with Crippen molar-refractivity contribution in [3.05, 3.63) is 24.0 Å². The van der Waals surface area contributed by atoms with Gasteiger partial charge in [-0.25, -0.2) is 4.39 Å². The number of nitrogens with one attached hydrogen (secondary N) is 1. The molecule has 0 bridgehead atoms. The third-order valence-corrected chi connectivity index (χ3v) is 3.03. The molecule has 112 valence electrons. The average Bonchev–Trinajstić information content (AvgIpc) is 2.40. The number of nitrogen functional groups attached to an aromatic ring is 1. The molecule has 1 rings (SSSR count). The summed E-state index contributed by atoms with van der Waals surface area (Å²) in [5, 5.41) is 2.49. The van der Waals surface area contributed by atoms with Gasteiger partial charge >= 0.3 is 0 Å². The van der Waals surface area contributed by atoms with Crippen LogP contribution in [0, 0.1) is 11.7 Å². The number of ether oxygens (including phenoxy) is 1. The predicted molar refractivity (Wildman–Crippen MR) is 78.9 cm³/mol. The standard InChI is InChI=1S/C15H23FN2O2/c1-4-5-10(2)9-20-11(3)15(19)18-14-8-12(17)6-7-13(14)16/h6-8,10-11H,4-5,9,17H2,1-3H3,(H,18,19). The highest BCUT2D eigenvalue weighted by atomic mass is 19.1. The molecule has 1 aromatic rings. The van der Waals surface area contributed by atoms with Crippen molar-refractivity contribution in [2.45, 2.75) is 39.7 Å². The highest BCUT2D eigenvalue weighted by Gasteiger charge is 2.16. The van der Waals surface area contributed by atoms with Crippen LogP contribution in [0.1, 0.15) is 33.6 Å². The number of rotatable bonds is 7. The van der Waals surface area contributed by atoms with Gasteiger partial charge in [0, 0.05) is 5.69 Å². The molecule has 5 heteroatoms. The summed E-state index contributed by atoms with van der Waals surface area (Å²) in [4.78, 5) is 11.9. The molecule has 0 heterocycles. The normalized spacial score (nSPS) is 13.8. The number of benzene rings is 1. The lowest BCUT2D eigenvalue weighted by molar-refractivity contribution is -0.127. The molecule has 0 saturated heterocycles. The Bertz CT molecular complexity index is 451. The Morgan fingerprint density at radius 2 is 2.15 bits per heavy atom. The molecule has 0 aliphatic heterocycles. The van der Waals surface area contributed by atoms with Gasteiger partial charge in [-0.05, 0) is 37.5 Å². The summed E-state index contributed by atoms with van der Waals surface area (Å²) >= 11 is 0. The minimum atomic E-state index is -0.630. The van der Waals surface area contributed by atoms with Gasteiger partial charge in [0.2, 0.25) is 0 Å². The summed E-state index contributed by atoms with van der Waals surface area (Å²) in [6.07, 6.45) is 1.51. The molecule has 3 N–H and O–H groups in total. The van der Waals surface area contributed by atoms with Gasteiger partial charge in [0.1, 0.15) is 11.9 Å². The number of hydrogen-bond acceptors (Lipinski definition) is 3. The van der Waals surface area contributed by atoms with Crippen LogP contribution in [0.25, 0.3) is 0 Å². The highest BCUT2D eigenvalue weighted by molar-refractivity contribution is 5.94. The second-order valence-corrected chi connectivity index (χ2v) is 5.10. The van der Waals surface area contributed by atoms with Crippen LogP contribution in [0.4, 0.5) is 15.8 Å². The van der Waals surface area contributed by atoms with Crippen LogP contribution in [0.2, 0.25) is 0 Å². The first-order valence-corrected chi connectivity index (χ1v) is 6.91. The zero-order chi connectivity index (χ0) is 15.1. The maximum atomic E-state index is 13.5. The Balaban J connectivity index is 2.51. The molecule has 0 fully saturated rings. The summed E-state index contributed by atoms with van der Waals surface area (Å²) in [6.45, 7) is 6.35. The van der Waals surface area contributed by atoms with Gasteiger partial charge in [0.05, 0.1) is 12.3 Å². The molecule has 0 aliphatic carbocycles. The largest absolute Gasteiger partial charge is 0.399 e. The van der Waals surface area contributed by atoms with Gasteiger partial charge in [-0.3, -0.25) is 4.79 Å². The molecule has 1 aromatic carbocycles. The number of halogens is 1. The minimum Gasteiger partial charge on any atom is -0.399 e. The Labute approximate surface area is 119 Å². The van der Waals surface area contributed by atoms with E-state index in [0.29, 0.717) is 18.2 Å². The quantitative estimate of drug-likeness (QED) is 0.755. The topological polar surface area (TPSA) is 64.3 Å². The van der Waals surface area contributed by atoms with Crippen LogP contribution < -0.4 is 11.1 Å². The Morgan fingerprint density at radius 3 is 2.80 bits per heavy atom. The Morgan fingerprint density at radius 1 is 1.45 bits per heavy atom. The summed E-state index contributed by atoms with van der Waals surface area (Å²) < 4.78 is 19.0. The van der Waals surface area contributed by atoms with E-state index in [9.17, 15) is 9.18 Å². The number of nitrogens with two attached hydrogens (primary N) is 1. The van der Waals surface area contributed by atoms with Crippen LogP contribution in [0.5, 0.6) is 0 Å². The molecular weight excluding hydrogens is 259 g/mol.